The van der Waals surface area contributed by atoms with Gasteiger partial charge < -0.3 is 20.3 Å². The highest BCUT2D eigenvalue weighted by Gasteiger charge is 2.29. The highest BCUT2D eigenvalue weighted by molar-refractivity contribution is 6.00. The summed E-state index contributed by atoms with van der Waals surface area (Å²) < 4.78 is 6.03. The van der Waals surface area contributed by atoms with Crippen molar-refractivity contribution in [2.75, 3.05) is 23.8 Å². The van der Waals surface area contributed by atoms with Gasteiger partial charge in [-0.25, -0.2) is 4.79 Å². The van der Waals surface area contributed by atoms with E-state index in [1.807, 2.05) is 72.5 Å². The number of likely N-dealkylation sites (tertiary alicyclic amines) is 1. The highest BCUT2D eigenvalue weighted by Crippen LogP contribution is 2.22. The lowest BCUT2D eigenvalue weighted by atomic mass is 10.1. The van der Waals surface area contributed by atoms with Crippen molar-refractivity contribution in [2.24, 2.45) is 0 Å². The molecule has 3 aromatic rings. The topological polar surface area (TPSA) is 70.7 Å². The van der Waals surface area contributed by atoms with Gasteiger partial charge in [0.15, 0.2) is 0 Å². The summed E-state index contributed by atoms with van der Waals surface area (Å²) in [6, 6.07) is 23.0. The first-order chi connectivity index (χ1) is 17.0. The number of urea groups is 1. The number of nitrogens with one attached hydrogen (secondary N) is 2. The van der Waals surface area contributed by atoms with E-state index in [-0.39, 0.29) is 18.0 Å². The molecule has 1 aliphatic heterocycles. The molecule has 4 rings (SSSR count). The Labute approximate surface area is 207 Å². The minimum Gasteiger partial charge on any atom is -0.491 e. The van der Waals surface area contributed by atoms with Crippen molar-refractivity contribution in [3.8, 4) is 5.75 Å². The van der Waals surface area contributed by atoms with Crippen LogP contribution in [0.1, 0.15) is 36.5 Å². The SMILES string of the molecule is CCc1cccc(OCC2CCCN2C(=O)Cc2ccc(NC(=O)Nc3ccccc3C)cc2)c1. The van der Waals surface area contributed by atoms with E-state index in [9.17, 15) is 9.59 Å². The fourth-order valence-corrected chi connectivity index (χ4v) is 4.36. The summed E-state index contributed by atoms with van der Waals surface area (Å²) >= 11 is 0. The van der Waals surface area contributed by atoms with Crippen LogP contribution in [0.2, 0.25) is 0 Å². The van der Waals surface area contributed by atoms with E-state index in [0.29, 0.717) is 18.7 Å². The zero-order chi connectivity index (χ0) is 24.6. The Morgan fingerprint density at radius 1 is 0.971 bits per heavy atom. The fraction of sp³-hybridized carbons (Fsp3) is 0.310. The van der Waals surface area contributed by atoms with E-state index in [0.717, 1.165) is 48.4 Å². The maximum absolute atomic E-state index is 13.0. The van der Waals surface area contributed by atoms with Gasteiger partial charge in [0, 0.05) is 17.9 Å². The van der Waals surface area contributed by atoms with Gasteiger partial charge in [-0.3, -0.25) is 4.79 Å². The van der Waals surface area contributed by atoms with E-state index in [1.165, 1.54) is 5.56 Å². The van der Waals surface area contributed by atoms with E-state index < -0.39 is 0 Å². The van der Waals surface area contributed by atoms with Gasteiger partial charge in [-0.2, -0.15) is 0 Å². The molecule has 0 aromatic heterocycles. The Balaban J connectivity index is 1.28. The molecule has 6 nitrogen and oxygen atoms in total. The van der Waals surface area contributed by atoms with Crippen LogP contribution >= 0.6 is 0 Å². The predicted molar refractivity (Wildman–Crippen MR) is 140 cm³/mol. The molecule has 1 fully saturated rings. The van der Waals surface area contributed by atoms with Gasteiger partial charge in [0.25, 0.3) is 0 Å². The quantitative estimate of drug-likeness (QED) is 0.435. The molecular weight excluding hydrogens is 438 g/mol. The Kier molecular flexibility index (Phi) is 8.03. The number of hydrogen-bond donors (Lipinski definition) is 2. The van der Waals surface area contributed by atoms with E-state index in [1.54, 1.807) is 0 Å². The monoisotopic (exact) mass is 471 g/mol. The summed E-state index contributed by atoms with van der Waals surface area (Å²) in [7, 11) is 0. The standard InChI is InChI=1S/C29H33N3O3/c1-3-22-9-6-11-26(18-22)35-20-25-10-7-17-32(25)28(33)19-23-13-15-24(16-14-23)30-29(34)31-27-12-5-4-8-21(27)2/h4-6,8-9,11-16,18,25H,3,7,10,17,19-20H2,1-2H3,(H2,30,31,34). The Bertz CT molecular complexity index is 1160. The van der Waals surface area contributed by atoms with E-state index in [4.69, 9.17) is 4.74 Å². The number of aryl methyl sites for hydroxylation is 2. The molecule has 1 unspecified atom stereocenters. The zero-order valence-electron chi connectivity index (χ0n) is 20.4. The van der Waals surface area contributed by atoms with Crippen LogP contribution in [0.25, 0.3) is 0 Å². The van der Waals surface area contributed by atoms with Gasteiger partial charge in [0.05, 0.1) is 12.5 Å². The normalized spacial score (nSPS) is 15.0. The van der Waals surface area contributed by atoms with Gasteiger partial charge in [0.1, 0.15) is 12.4 Å². The third-order valence-electron chi connectivity index (χ3n) is 6.41. The van der Waals surface area contributed by atoms with Crippen molar-refractivity contribution in [1.82, 2.24) is 4.90 Å². The molecule has 182 valence electrons. The van der Waals surface area contributed by atoms with Crippen LogP contribution in [0, 0.1) is 6.92 Å². The second kappa shape index (κ2) is 11.6. The molecule has 3 aromatic carbocycles. The number of amides is 3. The molecule has 6 heteroatoms. The lowest BCUT2D eigenvalue weighted by Crippen LogP contribution is -2.39. The number of hydrogen-bond acceptors (Lipinski definition) is 3. The minimum atomic E-state index is -0.299. The largest absolute Gasteiger partial charge is 0.491 e. The predicted octanol–water partition coefficient (Wildman–Crippen LogP) is 5.81. The van der Waals surface area contributed by atoms with Crippen LogP contribution in [0.4, 0.5) is 16.2 Å². The van der Waals surface area contributed by atoms with Gasteiger partial charge in [-0.15, -0.1) is 0 Å². The molecule has 0 spiro atoms. The van der Waals surface area contributed by atoms with E-state index >= 15 is 0 Å². The molecule has 0 bridgehead atoms. The molecule has 1 heterocycles. The molecule has 1 saturated heterocycles. The van der Waals surface area contributed by atoms with Crippen LogP contribution in [0.5, 0.6) is 5.75 Å². The number of carbonyl (C=O) groups is 2. The summed E-state index contributed by atoms with van der Waals surface area (Å²) in [5, 5.41) is 5.69. The fourth-order valence-electron chi connectivity index (χ4n) is 4.36. The number of anilines is 2. The maximum Gasteiger partial charge on any atom is 0.323 e. The molecule has 1 aliphatic rings. The number of carbonyl (C=O) groups excluding carboxylic acids is 2. The molecule has 3 amide bonds. The van der Waals surface area contributed by atoms with Crippen LogP contribution in [0.3, 0.4) is 0 Å². The van der Waals surface area contributed by atoms with Gasteiger partial charge in [0.2, 0.25) is 5.91 Å². The Hall–Kier alpha value is -3.80. The van der Waals surface area contributed by atoms with Crippen molar-refractivity contribution < 1.29 is 14.3 Å². The lowest BCUT2D eigenvalue weighted by Gasteiger charge is -2.25. The molecule has 2 N–H and O–H groups in total. The third kappa shape index (κ3) is 6.63. The third-order valence-corrected chi connectivity index (χ3v) is 6.41. The smallest absolute Gasteiger partial charge is 0.323 e. The van der Waals surface area contributed by atoms with Crippen molar-refractivity contribution in [3.05, 3.63) is 89.5 Å². The first-order valence-electron chi connectivity index (χ1n) is 12.3. The van der Waals surface area contributed by atoms with Crippen molar-refractivity contribution >= 4 is 23.3 Å². The number of ether oxygens (including phenoxy) is 1. The van der Waals surface area contributed by atoms with Crippen LogP contribution in [-0.2, 0) is 17.6 Å². The number of nitrogens with zero attached hydrogens (tertiary/aromatic N) is 1. The number of rotatable bonds is 8. The van der Waals surface area contributed by atoms with Gasteiger partial charge in [-0.1, -0.05) is 49.4 Å². The summed E-state index contributed by atoms with van der Waals surface area (Å²) in [6.07, 6.45) is 3.25. The minimum absolute atomic E-state index is 0.0962. The number of benzene rings is 3. The summed E-state index contributed by atoms with van der Waals surface area (Å²) in [6.45, 7) is 5.35. The summed E-state index contributed by atoms with van der Waals surface area (Å²) in [5.74, 6) is 0.967. The van der Waals surface area contributed by atoms with Crippen LogP contribution in [0.15, 0.2) is 72.8 Å². The second-order valence-electron chi connectivity index (χ2n) is 8.96. The van der Waals surface area contributed by atoms with Crippen molar-refractivity contribution in [3.63, 3.8) is 0 Å². The molecular formula is C29H33N3O3. The molecule has 0 aliphatic carbocycles. The molecule has 1 atom stereocenters. The molecule has 0 radical (unpaired) electrons. The molecule has 35 heavy (non-hydrogen) atoms. The van der Waals surface area contributed by atoms with Gasteiger partial charge in [-0.05, 0) is 73.2 Å². The average molecular weight is 472 g/mol. The van der Waals surface area contributed by atoms with Crippen LogP contribution in [-0.4, -0.2) is 36.0 Å². The van der Waals surface area contributed by atoms with Crippen LogP contribution < -0.4 is 15.4 Å². The number of para-hydroxylation sites is 1. The average Bonchev–Trinajstić information content (AvgIpc) is 3.34. The lowest BCUT2D eigenvalue weighted by molar-refractivity contribution is -0.131. The maximum atomic E-state index is 13.0. The Morgan fingerprint density at radius 2 is 1.77 bits per heavy atom. The molecule has 0 saturated carbocycles. The first-order valence-corrected chi connectivity index (χ1v) is 12.3. The van der Waals surface area contributed by atoms with Crippen molar-refractivity contribution in [2.45, 2.75) is 45.6 Å². The summed E-state index contributed by atoms with van der Waals surface area (Å²) in [5.41, 5.74) is 4.61. The van der Waals surface area contributed by atoms with Gasteiger partial charge >= 0.3 is 6.03 Å². The zero-order valence-corrected chi connectivity index (χ0v) is 20.4. The van der Waals surface area contributed by atoms with Crippen molar-refractivity contribution in [1.29, 1.82) is 0 Å². The van der Waals surface area contributed by atoms with E-state index in [2.05, 4.69) is 29.7 Å². The summed E-state index contributed by atoms with van der Waals surface area (Å²) in [4.78, 5) is 27.3. The Morgan fingerprint density at radius 3 is 2.54 bits per heavy atom. The first kappa shape index (κ1) is 24.3. The highest BCUT2D eigenvalue weighted by atomic mass is 16.5. The second-order valence-corrected chi connectivity index (χ2v) is 8.96.